The lowest BCUT2D eigenvalue weighted by Gasteiger charge is -2.37. The Morgan fingerprint density at radius 1 is 1.00 bits per heavy atom. The third-order valence-electron chi connectivity index (χ3n) is 15.8. The zero-order valence-corrected chi connectivity index (χ0v) is 43.8. The molecule has 4 aromatic rings. The maximum Gasteiger partial charge on any atom is 0.324 e. The van der Waals surface area contributed by atoms with Gasteiger partial charge in [0.1, 0.15) is 18.1 Å². The lowest BCUT2D eigenvalue weighted by atomic mass is 9.84. The second-order valence-electron chi connectivity index (χ2n) is 21.9. The first-order valence-corrected chi connectivity index (χ1v) is 26.2. The fourth-order valence-corrected chi connectivity index (χ4v) is 11.6. The van der Waals surface area contributed by atoms with Crippen molar-refractivity contribution in [3.8, 4) is 34.2 Å². The van der Waals surface area contributed by atoms with Gasteiger partial charge in [0, 0.05) is 80.9 Å². The fourth-order valence-electron chi connectivity index (χ4n) is 11.6. The van der Waals surface area contributed by atoms with E-state index in [0.717, 1.165) is 56.7 Å². The number of hydrogen-bond donors (Lipinski definition) is 2. The predicted octanol–water partition coefficient (Wildman–Crippen LogP) is 5.56. The number of benzene rings is 2. The minimum atomic E-state index is -1.05. The molecule has 2 aromatic carbocycles. The Morgan fingerprint density at radius 3 is 2.56 bits per heavy atom. The summed E-state index contributed by atoms with van der Waals surface area (Å²) in [4.78, 5) is 82.0. The first-order valence-electron chi connectivity index (χ1n) is 26.2. The van der Waals surface area contributed by atoms with E-state index in [9.17, 15) is 24.0 Å². The topological polar surface area (TPSA) is 168 Å². The van der Waals surface area contributed by atoms with Gasteiger partial charge >= 0.3 is 5.97 Å². The molecule has 4 amide bonds. The van der Waals surface area contributed by atoms with Crippen LogP contribution in [0.4, 0.5) is 0 Å². The summed E-state index contributed by atoms with van der Waals surface area (Å²) in [5, 5.41) is 5.66. The Bertz CT molecular complexity index is 2830. The number of likely N-dealkylation sites (tertiary alicyclic amines) is 2. The van der Waals surface area contributed by atoms with Gasteiger partial charge in [0.2, 0.25) is 11.8 Å². The van der Waals surface area contributed by atoms with Crippen molar-refractivity contribution in [3.63, 3.8) is 0 Å². The fraction of sp³-hybridized carbons (Fsp3) is 0.544. The van der Waals surface area contributed by atoms with Gasteiger partial charge in [0.15, 0.2) is 0 Å². The number of amides is 4. The third kappa shape index (κ3) is 10.5. The molecule has 4 fully saturated rings. The number of cyclic esters (lactones) is 1. The zero-order valence-electron chi connectivity index (χ0n) is 43.8. The van der Waals surface area contributed by atoms with E-state index in [2.05, 4.69) is 89.2 Å². The van der Waals surface area contributed by atoms with E-state index in [1.54, 1.807) is 23.1 Å². The number of esters is 1. The number of fused-ring (bicyclic) bond motifs is 6. The lowest BCUT2D eigenvalue weighted by Crippen LogP contribution is -2.62. The van der Waals surface area contributed by atoms with Crippen molar-refractivity contribution >= 4 is 40.5 Å². The second kappa shape index (κ2) is 21.4. The van der Waals surface area contributed by atoms with Crippen molar-refractivity contribution in [2.45, 2.75) is 117 Å². The number of carbonyl (C=O) groups excluding carboxylic acids is 5. The first-order chi connectivity index (χ1) is 35.0. The van der Waals surface area contributed by atoms with E-state index < -0.39 is 46.7 Å². The maximum atomic E-state index is 14.9. The first kappa shape index (κ1) is 51.8. The van der Waals surface area contributed by atoms with E-state index >= 15 is 0 Å². The SMILES string of the molecule is CCn1c(-c2cccnc2[C@H](C)OC)c2c3cc(ccc31)-c1cccc(c1)CC(NC(=O)[C@H](C(C)C)N1CC[C@@]3(CCN(C(=O)C#C[C@H]4COCCN4C)C3)C1=O)C(=O)N1CCC[C@H](N1)C(=O)OCC(C)(C)C2. The normalized spacial score (nSPS) is 24.6. The second-order valence-corrected chi connectivity index (χ2v) is 21.9. The number of hydrogen-bond acceptors (Lipinski definition) is 11. The Morgan fingerprint density at radius 2 is 1.79 bits per heavy atom. The van der Waals surface area contributed by atoms with Crippen LogP contribution in [-0.2, 0) is 57.6 Å². The molecule has 6 atom stereocenters. The minimum absolute atomic E-state index is 0.134. The molecule has 73 heavy (non-hydrogen) atoms. The molecule has 4 saturated heterocycles. The van der Waals surface area contributed by atoms with Crippen LogP contribution in [0.1, 0.15) is 90.2 Å². The number of morpholine rings is 1. The monoisotopic (exact) mass is 997 g/mol. The van der Waals surface area contributed by atoms with Gasteiger partial charge in [0.05, 0.1) is 48.8 Å². The van der Waals surface area contributed by atoms with Crippen LogP contribution in [0.3, 0.4) is 0 Å². The number of pyridine rings is 1. The number of aryl methyl sites for hydroxylation is 1. The quantitative estimate of drug-likeness (QED) is 0.168. The highest BCUT2D eigenvalue weighted by molar-refractivity contribution is 5.98. The van der Waals surface area contributed by atoms with E-state index in [-0.39, 0.29) is 49.5 Å². The number of methoxy groups -OCH3 is 1. The average Bonchev–Trinajstić information content (AvgIpc) is 4.06. The molecule has 6 bridgehead atoms. The van der Waals surface area contributed by atoms with E-state index in [1.165, 1.54) is 5.01 Å². The summed E-state index contributed by atoms with van der Waals surface area (Å²) in [6.45, 7) is 16.1. The molecule has 16 heteroatoms. The van der Waals surface area contributed by atoms with Crippen molar-refractivity contribution in [2.24, 2.45) is 16.7 Å². The third-order valence-corrected chi connectivity index (χ3v) is 15.8. The highest BCUT2D eigenvalue weighted by atomic mass is 16.5. The van der Waals surface area contributed by atoms with Crippen molar-refractivity contribution in [1.82, 2.24) is 40.0 Å². The minimum Gasteiger partial charge on any atom is -0.464 e. The van der Waals surface area contributed by atoms with Crippen LogP contribution in [0, 0.1) is 28.6 Å². The number of nitrogens with zero attached hydrogens (tertiary/aromatic N) is 6. The Hall–Kier alpha value is -6.12. The number of aromatic nitrogens is 2. The molecule has 2 aromatic heterocycles. The van der Waals surface area contributed by atoms with Gasteiger partial charge in [-0.1, -0.05) is 63.9 Å². The number of rotatable bonds is 8. The molecular weight excluding hydrogens is 925 g/mol. The smallest absolute Gasteiger partial charge is 0.324 e. The lowest BCUT2D eigenvalue weighted by molar-refractivity contribution is -0.155. The van der Waals surface area contributed by atoms with Crippen LogP contribution in [0.15, 0.2) is 60.8 Å². The van der Waals surface area contributed by atoms with Crippen molar-refractivity contribution < 1.29 is 38.2 Å². The van der Waals surface area contributed by atoms with Crippen LogP contribution in [0.25, 0.3) is 33.3 Å². The molecule has 9 rings (SSSR count). The molecule has 5 aliphatic heterocycles. The molecule has 7 heterocycles. The van der Waals surface area contributed by atoms with Crippen LogP contribution in [0.5, 0.6) is 0 Å². The van der Waals surface area contributed by atoms with E-state index in [4.69, 9.17) is 19.2 Å². The highest BCUT2D eigenvalue weighted by Crippen LogP contribution is 2.44. The summed E-state index contributed by atoms with van der Waals surface area (Å²) >= 11 is 0. The molecule has 1 unspecified atom stereocenters. The molecule has 0 aliphatic carbocycles. The van der Waals surface area contributed by atoms with Crippen LogP contribution < -0.4 is 10.7 Å². The number of nitrogens with one attached hydrogen (secondary N) is 2. The van der Waals surface area contributed by atoms with Gasteiger partial charge in [-0.3, -0.25) is 38.9 Å². The molecule has 388 valence electrons. The van der Waals surface area contributed by atoms with Crippen molar-refractivity contribution in [3.05, 3.63) is 77.6 Å². The number of carbonyl (C=O) groups is 5. The highest BCUT2D eigenvalue weighted by Gasteiger charge is 2.54. The van der Waals surface area contributed by atoms with Gasteiger partial charge < -0.3 is 33.9 Å². The summed E-state index contributed by atoms with van der Waals surface area (Å²) in [7, 11) is 3.65. The molecule has 0 radical (unpaired) electrons. The number of likely N-dealkylation sites (N-methyl/N-ethyl adjacent to an activating group) is 1. The van der Waals surface area contributed by atoms with Crippen LogP contribution >= 0.6 is 0 Å². The molecule has 1 spiro atoms. The van der Waals surface area contributed by atoms with Crippen LogP contribution in [-0.4, -0.2) is 150 Å². The van der Waals surface area contributed by atoms with E-state index in [1.807, 2.05) is 46.0 Å². The van der Waals surface area contributed by atoms with Gasteiger partial charge in [-0.25, -0.2) is 5.43 Å². The Kier molecular flexibility index (Phi) is 15.2. The maximum absolute atomic E-state index is 14.9. The summed E-state index contributed by atoms with van der Waals surface area (Å²) < 4.78 is 19.9. The predicted molar refractivity (Wildman–Crippen MR) is 277 cm³/mol. The standard InChI is InChI=1S/C57H72N8O8/c1-9-63-47-19-17-40-31-43(47)44(51(63)42-15-11-23-58-49(42)37(4)71-8)32-56(5,6)35-73-54(69)45-16-12-24-65(60-45)53(68)46(30-38-13-10-14-39(40)29-38)59-52(67)50(36(2)3)64-26-22-57(55(64)70)21-25-62(34-57)48(66)20-18-41-33-72-28-27-61(41)7/h10-11,13-15,17,19,23,29,31,36-37,41,45-46,50,60H,9,12,16,21-22,24-28,30,32-35H2,1-8H3,(H,59,67)/t37-,41-,45-,46?,50-,57+/m0/s1. The average molecular weight is 997 g/mol. The van der Waals surface area contributed by atoms with Gasteiger partial charge in [-0.2, -0.15) is 0 Å². The van der Waals surface area contributed by atoms with Gasteiger partial charge in [0.25, 0.3) is 11.8 Å². The molecule has 0 saturated carbocycles. The summed E-state index contributed by atoms with van der Waals surface area (Å²) in [6, 6.07) is 15.8. The number of hydrazine groups is 1. The van der Waals surface area contributed by atoms with Gasteiger partial charge in [-0.15, -0.1) is 0 Å². The van der Waals surface area contributed by atoms with Crippen LogP contribution in [0.2, 0.25) is 0 Å². The molecule has 2 N–H and O–H groups in total. The Balaban J connectivity index is 1.03. The van der Waals surface area contributed by atoms with E-state index in [0.29, 0.717) is 71.5 Å². The largest absolute Gasteiger partial charge is 0.464 e. The molecule has 16 nitrogen and oxygen atoms in total. The summed E-state index contributed by atoms with van der Waals surface area (Å²) in [5.41, 5.74) is 9.68. The number of ether oxygens (including phenoxy) is 3. The van der Waals surface area contributed by atoms with Crippen molar-refractivity contribution in [1.29, 1.82) is 0 Å². The van der Waals surface area contributed by atoms with Gasteiger partial charge in [-0.05, 0) is 111 Å². The zero-order chi connectivity index (χ0) is 51.8. The molecule has 5 aliphatic rings. The Labute approximate surface area is 429 Å². The van der Waals surface area contributed by atoms with Crippen molar-refractivity contribution in [2.75, 3.05) is 66.7 Å². The summed E-state index contributed by atoms with van der Waals surface area (Å²) in [6.07, 6.45) is 4.26. The molecular formula is C57H72N8O8. The summed E-state index contributed by atoms with van der Waals surface area (Å²) in [5.74, 6) is 3.81.